The molecule has 2 aromatic rings. The van der Waals surface area contributed by atoms with Crippen molar-refractivity contribution in [2.24, 2.45) is 0 Å². The van der Waals surface area contributed by atoms with E-state index in [-0.39, 0.29) is 30.5 Å². The Bertz CT molecular complexity index is 659. The van der Waals surface area contributed by atoms with E-state index in [4.69, 9.17) is 9.47 Å². The van der Waals surface area contributed by atoms with Crippen LogP contribution in [-0.4, -0.2) is 39.4 Å². The first-order valence-corrected chi connectivity index (χ1v) is 8.43. The standard InChI is InChI=1S/C19H22F2N2O2.ClH/c20-17-12-16(13-18(21)19(17)23-8-6-22-7-9-23)25-11-10-24-14-15-4-2-1-3-5-15;/h1-5,12-13,22H,6-11,14H2;1H. The van der Waals surface area contributed by atoms with Crippen molar-refractivity contribution in [1.82, 2.24) is 5.32 Å². The molecule has 2 aromatic carbocycles. The minimum absolute atomic E-state index is 0. The molecule has 0 aliphatic carbocycles. The maximum Gasteiger partial charge on any atom is 0.153 e. The largest absolute Gasteiger partial charge is 0.491 e. The van der Waals surface area contributed by atoms with E-state index in [9.17, 15) is 8.78 Å². The van der Waals surface area contributed by atoms with E-state index in [0.29, 0.717) is 26.3 Å². The molecule has 1 aliphatic heterocycles. The molecule has 1 aliphatic rings. The predicted octanol–water partition coefficient (Wildman–Crippen LogP) is 3.39. The number of piperazine rings is 1. The van der Waals surface area contributed by atoms with Crippen LogP contribution in [0.4, 0.5) is 14.5 Å². The van der Waals surface area contributed by atoms with E-state index in [0.717, 1.165) is 18.7 Å². The van der Waals surface area contributed by atoms with Crippen LogP contribution < -0.4 is 15.0 Å². The fraction of sp³-hybridized carbons (Fsp3) is 0.368. The average molecular weight is 385 g/mol. The van der Waals surface area contributed by atoms with Crippen molar-refractivity contribution >= 4 is 18.1 Å². The summed E-state index contributed by atoms with van der Waals surface area (Å²) < 4.78 is 39.5. The summed E-state index contributed by atoms with van der Waals surface area (Å²) in [4.78, 5) is 1.72. The third-order valence-corrected chi connectivity index (χ3v) is 4.03. The summed E-state index contributed by atoms with van der Waals surface area (Å²) in [6.07, 6.45) is 0. The number of ether oxygens (including phenoxy) is 2. The average Bonchev–Trinajstić information content (AvgIpc) is 2.63. The lowest BCUT2D eigenvalue weighted by molar-refractivity contribution is 0.0887. The number of nitrogens with one attached hydrogen (secondary N) is 1. The zero-order valence-electron chi connectivity index (χ0n) is 14.4. The van der Waals surface area contributed by atoms with Gasteiger partial charge in [-0.1, -0.05) is 30.3 Å². The summed E-state index contributed by atoms with van der Waals surface area (Å²) in [5.74, 6) is -1.01. The maximum absolute atomic E-state index is 14.3. The van der Waals surface area contributed by atoms with E-state index >= 15 is 0 Å². The number of hydrogen-bond acceptors (Lipinski definition) is 4. The van der Waals surface area contributed by atoms with E-state index in [1.807, 2.05) is 30.3 Å². The molecule has 3 rings (SSSR count). The molecular formula is C19H23ClF2N2O2. The van der Waals surface area contributed by atoms with Crippen molar-refractivity contribution in [3.05, 3.63) is 59.7 Å². The Morgan fingerprint density at radius 2 is 1.62 bits per heavy atom. The van der Waals surface area contributed by atoms with Crippen molar-refractivity contribution in [1.29, 1.82) is 0 Å². The number of hydrogen-bond donors (Lipinski definition) is 1. The molecule has 0 bridgehead atoms. The molecule has 26 heavy (non-hydrogen) atoms. The van der Waals surface area contributed by atoms with Crippen LogP contribution in [0.15, 0.2) is 42.5 Å². The molecule has 0 aromatic heterocycles. The van der Waals surface area contributed by atoms with E-state index in [2.05, 4.69) is 5.32 Å². The minimum atomic E-state index is -0.595. The Hall–Kier alpha value is -1.89. The van der Waals surface area contributed by atoms with Crippen molar-refractivity contribution in [3.63, 3.8) is 0 Å². The van der Waals surface area contributed by atoms with Gasteiger partial charge in [-0.3, -0.25) is 0 Å². The van der Waals surface area contributed by atoms with Gasteiger partial charge in [0.15, 0.2) is 11.6 Å². The van der Waals surface area contributed by atoms with Gasteiger partial charge in [0.2, 0.25) is 0 Å². The Morgan fingerprint density at radius 3 is 2.27 bits per heavy atom. The van der Waals surface area contributed by atoms with Crippen molar-refractivity contribution < 1.29 is 18.3 Å². The lowest BCUT2D eigenvalue weighted by atomic mass is 10.2. The zero-order chi connectivity index (χ0) is 17.5. The smallest absolute Gasteiger partial charge is 0.153 e. The normalized spacial score (nSPS) is 14.0. The van der Waals surface area contributed by atoms with Crippen LogP contribution in [-0.2, 0) is 11.3 Å². The molecule has 1 fully saturated rings. The topological polar surface area (TPSA) is 33.7 Å². The minimum Gasteiger partial charge on any atom is -0.491 e. The van der Waals surface area contributed by atoms with Gasteiger partial charge in [0.05, 0.1) is 13.2 Å². The molecule has 0 saturated carbocycles. The first kappa shape index (κ1) is 20.4. The second kappa shape index (κ2) is 10.3. The zero-order valence-corrected chi connectivity index (χ0v) is 15.2. The molecular weight excluding hydrogens is 362 g/mol. The first-order chi connectivity index (χ1) is 12.2. The molecule has 0 amide bonds. The number of halogens is 3. The monoisotopic (exact) mass is 384 g/mol. The van der Waals surface area contributed by atoms with Crippen molar-refractivity contribution in [3.8, 4) is 5.75 Å². The second-order valence-electron chi connectivity index (χ2n) is 5.86. The van der Waals surface area contributed by atoms with Gasteiger partial charge in [-0.05, 0) is 5.56 Å². The van der Waals surface area contributed by atoms with E-state index in [1.54, 1.807) is 4.90 Å². The molecule has 0 atom stereocenters. The van der Waals surface area contributed by atoms with Gasteiger partial charge >= 0.3 is 0 Å². The van der Waals surface area contributed by atoms with Gasteiger partial charge in [-0.15, -0.1) is 12.4 Å². The number of anilines is 1. The molecule has 1 heterocycles. The molecule has 0 unspecified atom stereocenters. The van der Waals surface area contributed by atoms with Gasteiger partial charge < -0.3 is 19.7 Å². The Kier molecular flexibility index (Phi) is 8.09. The number of nitrogens with zero attached hydrogens (tertiary/aromatic N) is 1. The Labute approximate surface area is 158 Å². The Morgan fingerprint density at radius 1 is 0.962 bits per heavy atom. The van der Waals surface area contributed by atoms with Crippen LogP contribution in [0, 0.1) is 11.6 Å². The fourth-order valence-corrected chi connectivity index (χ4v) is 2.80. The van der Waals surface area contributed by atoms with Gasteiger partial charge in [-0.25, -0.2) is 8.78 Å². The summed E-state index contributed by atoms with van der Waals surface area (Å²) in [7, 11) is 0. The fourth-order valence-electron chi connectivity index (χ4n) is 2.80. The summed E-state index contributed by atoms with van der Waals surface area (Å²) in [5, 5.41) is 3.16. The lowest BCUT2D eigenvalue weighted by Crippen LogP contribution is -2.44. The molecule has 0 spiro atoms. The molecule has 0 radical (unpaired) electrons. The molecule has 4 nitrogen and oxygen atoms in total. The molecule has 1 N–H and O–H groups in total. The van der Waals surface area contributed by atoms with Gasteiger partial charge in [0, 0.05) is 38.3 Å². The quantitative estimate of drug-likeness (QED) is 0.742. The molecule has 1 saturated heterocycles. The van der Waals surface area contributed by atoms with Gasteiger partial charge in [0.25, 0.3) is 0 Å². The molecule has 142 valence electrons. The van der Waals surface area contributed by atoms with Crippen molar-refractivity contribution in [2.75, 3.05) is 44.3 Å². The third-order valence-electron chi connectivity index (χ3n) is 4.03. The van der Waals surface area contributed by atoms with E-state index < -0.39 is 11.6 Å². The highest BCUT2D eigenvalue weighted by atomic mass is 35.5. The Balaban J connectivity index is 0.00000243. The van der Waals surface area contributed by atoms with Crippen LogP contribution in [0.25, 0.3) is 0 Å². The predicted molar refractivity (Wildman–Crippen MR) is 100 cm³/mol. The third kappa shape index (κ3) is 5.56. The number of benzene rings is 2. The van der Waals surface area contributed by atoms with Crippen molar-refractivity contribution in [2.45, 2.75) is 6.61 Å². The van der Waals surface area contributed by atoms with Crippen LogP contribution in [0.2, 0.25) is 0 Å². The summed E-state index contributed by atoms with van der Waals surface area (Å²) in [6.45, 7) is 3.67. The summed E-state index contributed by atoms with van der Waals surface area (Å²) in [5.41, 5.74) is 1.09. The van der Waals surface area contributed by atoms with Crippen LogP contribution in [0.1, 0.15) is 5.56 Å². The van der Waals surface area contributed by atoms with Crippen LogP contribution in [0.3, 0.4) is 0 Å². The summed E-state index contributed by atoms with van der Waals surface area (Å²) in [6, 6.07) is 12.2. The molecule has 7 heteroatoms. The lowest BCUT2D eigenvalue weighted by Gasteiger charge is -2.30. The van der Waals surface area contributed by atoms with E-state index in [1.165, 1.54) is 12.1 Å². The van der Waals surface area contributed by atoms with Crippen LogP contribution in [0.5, 0.6) is 5.75 Å². The maximum atomic E-state index is 14.3. The highest BCUT2D eigenvalue weighted by Crippen LogP contribution is 2.28. The van der Waals surface area contributed by atoms with Gasteiger partial charge in [-0.2, -0.15) is 0 Å². The summed E-state index contributed by atoms with van der Waals surface area (Å²) >= 11 is 0. The van der Waals surface area contributed by atoms with Gasteiger partial charge in [0.1, 0.15) is 18.0 Å². The van der Waals surface area contributed by atoms with Crippen LogP contribution >= 0.6 is 12.4 Å². The first-order valence-electron chi connectivity index (χ1n) is 8.43. The second-order valence-corrected chi connectivity index (χ2v) is 5.86. The SMILES string of the molecule is Cl.Fc1cc(OCCOCc2ccccc2)cc(F)c1N1CCNCC1. The highest BCUT2D eigenvalue weighted by Gasteiger charge is 2.20. The highest BCUT2D eigenvalue weighted by molar-refractivity contribution is 5.85. The number of rotatable bonds is 7.